The van der Waals surface area contributed by atoms with Crippen LogP contribution in [0.2, 0.25) is 0 Å². The van der Waals surface area contributed by atoms with E-state index in [9.17, 15) is 0 Å². The molecule has 10 aromatic rings. The zero-order valence-corrected chi connectivity index (χ0v) is 29.7. The molecule has 0 N–H and O–H groups in total. The van der Waals surface area contributed by atoms with Gasteiger partial charge in [-0.2, -0.15) is 0 Å². The monoisotopic (exact) mass is 694 g/mol. The Bertz CT molecular complexity index is 2860. The third-order valence-corrected chi connectivity index (χ3v) is 11.5. The van der Waals surface area contributed by atoms with E-state index < -0.39 is 0 Å². The Morgan fingerprint density at radius 3 is 1.55 bits per heavy atom. The highest BCUT2D eigenvalue weighted by Crippen LogP contribution is 2.51. The molecule has 0 saturated heterocycles. The molecule has 250 valence electrons. The quantitative estimate of drug-likeness (QED) is 0.164. The third-order valence-electron chi connectivity index (χ3n) is 10.2. The van der Waals surface area contributed by atoms with Gasteiger partial charge in [-0.15, -0.1) is 11.3 Å². The Labute approximate surface area is 313 Å². The number of thiophene rings is 1. The first kappa shape index (κ1) is 31.1. The van der Waals surface area contributed by atoms with Gasteiger partial charge in [0.05, 0.1) is 16.1 Å². The summed E-state index contributed by atoms with van der Waals surface area (Å²) in [5, 5.41) is 7.52. The summed E-state index contributed by atoms with van der Waals surface area (Å²) in [4.78, 5) is 4.86. The molecule has 0 aliphatic carbocycles. The van der Waals surface area contributed by atoms with Gasteiger partial charge in [0.1, 0.15) is 0 Å². The van der Waals surface area contributed by atoms with Crippen molar-refractivity contribution in [2.45, 2.75) is 0 Å². The van der Waals surface area contributed by atoms with Crippen molar-refractivity contribution in [2.75, 3.05) is 9.80 Å². The van der Waals surface area contributed by atoms with Crippen molar-refractivity contribution in [3.8, 4) is 11.1 Å². The van der Waals surface area contributed by atoms with Gasteiger partial charge in [0.2, 0.25) is 0 Å². The minimum absolute atomic E-state index is 1.09. The molecule has 0 bridgehead atoms. The summed E-state index contributed by atoms with van der Waals surface area (Å²) < 4.78 is 2.56. The van der Waals surface area contributed by atoms with Crippen molar-refractivity contribution in [2.24, 2.45) is 0 Å². The molecule has 0 unspecified atom stereocenters. The summed E-state index contributed by atoms with van der Waals surface area (Å²) in [6.45, 7) is 0. The highest BCUT2D eigenvalue weighted by molar-refractivity contribution is 7.27. The van der Waals surface area contributed by atoms with Crippen LogP contribution >= 0.6 is 11.3 Å². The van der Waals surface area contributed by atoms with Crippen LogP contribution in [0.4, 0.5) is 34.1 Å². The fourth-order valence-electron chi connectivity index (χ4n) is 7.72. The smallest absolute Gasteiger partial charge is 0.0661 e. The van der Waals surface area contributed by atoms with Crippen molar-refractivity contribution in [3.05, 3.63) is 206 Å². The number of hydrogen-bond acceptors (Lipinski definition) is 3. The molecule has 0 aliphatic heterocycles. The minimum atomic E-state index is 1.09. The first-order valence-corrected chi connectivity index (χ1v) is 18.8. The number of nitrogens with zero attached hydrogens (tertiary/aromatic N) is 2. The predicted molar refractivity (Wildman–Crippen MR) is 229 cm³/mol. The zero-order valence-electron chi connectivity index (χ0n) is 28.9. The molecule has 0 radical (unpaired) electrons. The normalized spacial score (nSPS) is 11.4. The van der Waals surface area contributed by atoms with E-state index in [-0.39, 0.29) is 0 Å². The number of benzene rings is 9. The molecule has 3 heteroatoms. The van der Waals surface area contributed by atoms with Crippen LogP contribution in [0.25, 0.3) is 52.8 Å². The van der Waals surface area contributed by atoms with Crippen LogP contribution in [0, 0.1) is 0 Å². The fraction of sp³-hybridized carbons (Fsp3) is 0. The summed E-state index contributed by atoms with van der Waals surface area (Å²) >= 11 is 1.89. The molecule has 0 fully saturated rings. The molecule has 53 heavy (non-hydrogen) atoms. The van der Waals surface area contributed by atoms with Gasteiger partial charge in [-0.1, -0.05) is 146 Å². The maximum absolute atomic E-state index is 2.44. The average Bonchev–Trinajstić information content (AvgIpc) is 3.62. The first-order valence-electron chi connectivity index (χ1n) is 18.0. The lowest BCUT2D eigenvalue weighted by Gasteiger charge is -2.31. The Hall–Kier alpha value is -6.68. The summed E-state index contributed by atoms with van der Waals surface area (Å²) in [5.74, 6) is 0. The van der Waals surface area contributed by atoms with E-state index in [0.29, 0.717) is 0 Å². The van der Waals surface area contributed by atoms with Gasteiger partial charge in [-0.3, -0.25) is 0 Å². The summed E-state index contributed by atoms with van der Waals surface area (Å²) in [6, 6.07) is 74.6. The fourth-order valence-corrected chi connectivity index (χ4v) is 9.05. The van der Waals surface area contributed by atoms with E-state index >= 15 is 0 Å². The van der Waals surface area contributed by atoms with Crippen molar-refractivity contribution >= 4 is 87.2 Å². The van der Waals surface area contributed by atoms with E-state index in [1.54, 1.807) is 0 Å². The highest BCUT2D eigenvalue weighted by Gasteiger charge is 2.24. The largest absolute Gasteiger partial charge is 0.310 e. The molecule has 0 saturated carbocycles. The first-order chi connectivity index (χ1) is 26.3. The van der Waals surface area contributed by atoms with Crippen LogP contribution in [0.1, 0.15) is 0 Å². The number of rotatable bonds is 7. The Kier molecular flexibility index (Phi) is 7.71. The lowest BCUT2D eigenvalue weighted by molar-refractivity contribution is 1.26. The number of fused-ring (bicyclic) bond motifs is 6. The molecule has 1 heterocycles. The van der Waals surface area contributed by atoms with Crippen LogP contribution in [0.15, 0.2) is 206 Å². The van der Waals surface area contributed by atoms with Gasteiger partial charge in [-0.05, 0) is 87.8 Å². The second-order valence-corrected chi connectivity index (χ2v) is 14.4. The van der Waals surface area contributed by atoms with Gasteiger partial charge < -0.3 is 9.80 Å². The molecule has 0 spiro atoms. The van der Waals surface area contributed by atoms with Gasteiger partial charge in [0, 0.05) is 43.8 Å². The zero-order chi connectivity index (χ0) is 35.1. The van der Waals surface area contributed by atoms with E-state index in [4.69, 9.17) is 0 Å². The maximum Gasteiger partial charge on any atom is 0.0661 e. The standard InChI is InChI=1S/C50H34N2S/c1-4-19-39(20-5-1)51(40-21-6-2-7-22-40)48-34-42(33-46-45-31-30-36-17-12-13-26-44(36)49(45)53-50(46)48)52(41-23-8-3-9-24-41)47-27-15-14-25-43(47)38-29-28-35-16-10-11-18-37(35)32-38/h1-34H. The molecule has 0 aliphatic rings. The van der Waals surface area contributed by atoms with Crippen molar-refractivity contribution in [1.29, 1.82) is 0 Å². The highest BCUT2D eigenvalue weighted by atomic mass is 32.1. The van der Waals surface area contributed by atoms with E-state index in [2.05, 4.69) is 216 Å². The predicted octanol–water partition coefficient (Wildman–Crippen LogP) is 15.0. The van der Waals surface area contributed by atoms with Gasteiger partial charge in [0.15, 0.2) is 0 Å². The summed E-state index contributed by atoms with van der Waals surface area (Å²) in [6.07, 6.45) is 0. The van der Waals surface area contributed by atoms with Crippen LogP contribution in [0.3, 0.4) is 0 Å². The number of hydrogen-bond donors (Lipinski definition) is 0. The van der Waals surface area contributed by atoms with Crippen LogP contribution in [-0.4, -0.2) is 0 Å². The molecule has 0 atom stereocenters. The van der Waals surface area contributed by atoms with Crippen molar-refractivity contribution in [1.82, 2.24) is 0 Å². The van der Waals surface area contributed by atoms with Crippen molar-refractivity contribution in [3.63, 3.8) is 0 Å². The second kappa shape index (κ2) is 13.1. The Morgan fingerprint density at radius 2 is 0.849 bits per heavy atom. The van der Waals surface area contributed by atoms with Gasteiger partial charge in [-0.25, -0.2) is 0 Å². The van der Waals surface area contributed by atoms with Crippen LogP contribution in [-0.2, 0) is 0 Å². The van der Waals surface area contributed by atoms with Gasteiger partial charge in [0.25, 0.3) is 0 Å². The minimum Gasteiger partial charge on any atom is -0.310 e. The van der Waals surface area contributed by atoms with E-state index in [1.165, 1.54) is 52.8 Å². The van der Waals surface area contributed by atoms with E-state index in [1.807, 2.05) is 11.3 Å². The lowest BCUT2D eigenvalue weighted by atomic mass is 9.98. The second-order valence-electron chi connectivity index (χ2n) is 13.4. The lowest BCUT2D eigenvalue weighted by Crippen LogP contribution is -2.14. The Morgan fingerprint density at radius 1 is 0.302 bits per heavy atom. The van der Waals surface area contributed by atoms with Gasteiger partial charge >= 0.3 is 0 Å². The molecular weight excluding hydrogens is 661 g/mol. The van der Waals surface area contributed by atoms with Crippen LogP contribution < -0.4 is 9.80 Å². The van der Waals surface area contributed by atoms with E-state index in [0.717, 1.165) is 34.1 Å². The molecule has 0 amide bonds. The summed E-state index contributed by atoms with van der Waals surface area (Å²) in [7, 11) is 0. The number of anilines is 6. The van der Waals surface area contributed by atoms with Crippen LogP contribution in [0.5, 0.6) is 0 Å². The Balaban J connectivity index is 1.30. The molecule has 1 aromatic heterocycles. The summed E-state index contributed by atoms with van der Waals surface area (Å²) in [5.41, 5.74) is 9.04. The third kappa shape index (κ3) is 5.50. The average molecular weight is 695 g/mol. The molecule has 10 rings (SSSR count). The molecule has 2 nitrogen and oxygen atoms in total. The SMILES string of the molecule is c1ccc(N(c2cc(N(c3ccccc3)c3ccccc3)c3sc4c5ccccc5ccc4c3c2)c2ccccc2-c2ccc3ccccc3c2)cc1. The number of para-hydroxylation sites is 4. The molecule has 9 aromatic carbocycles. The maximum atomic E-state index is 2.44. The molecular formula is C50H34N2S. The topological polar surface area (TPSA) is 6.48 Å². The van der Waals surface area contributed by atoms with Crippen molar-refractivity contribution < 1.29 is 0 Å².